The first kappa shape index (κ1) is 16.4. The van der Waals surface area contributed by atoms with Crippen LogP contribution in [0, 0.1) is 11.3 Å². The van der Waals surface area contributed by atoms with Crippen LogP contribution in [0.5, 0.6) is 0 Å². The van der Waals surface area contributed by atoms with Crippen LogP contribution in [0.25, 0.3) is 32.5 Å². The van der Waals surface area contributed by atoms with Gasteiger partial charge in [-0.3, -0.25) is 0 Å². The van der Waals surface area contributed by atoms with Gasteiger partial charge in [-0.05, 0) is 18.6 Å². The van der Waals surface area contributed by atoms with Gasteiger partial charge >= 0.3 is 0 Å². The maximum atomic E-state index is 9.82. The van der Waals surface area contributed by atoms with Gasteiger partial charge in [-0.2, -0.15) is 5.26 Å². The summed E-state index contributed by atoms with van der Waals surface area (Å²) in [5.74, 6) is 1.07. The highest BCUT2D eigenvalue weighted by Gasteiger charge is 2.22. The van der Waals surface area contributed by atoms with Crippen LogP contribution in [0.15, 0.2) is 40.1 Å². The average molecular weight is 364 g/mol. The van der Waals surface area contributed by atoms with Crippen molar-refractivity contribution in [2.24, 2.45) is 0 Å². The van der Waals surface area contributed by atoms with E-state index >= 15 is 0 Å². The second-order valence-electron chi connectivity index (χ2n) is 5.85. The molecule has 6 nitrogen and oxygen atoms in total. The van der Waals surface area contributed by atoms with Crippen LogP contribution in [0.1, 0.15) is 12.0 Å². The molecular formula is C19H16N4O2S. The SMILES string of the molecule is N#Cc1c(NCCCO)nc2scc(N)c2c1-c1cc2ccccc2o1. The molecule has 0 bridgehead atoms. The number of nitrogens with one attached hydrogen (secondary N) is 1. The molecule has 26 heavy (non-hydrogen) atoms. The standard InChI is InChI=1S/C19H16N4O2S/c20-9-12-16(15-8-11-4-1-2-5-14(11)25-15)17-13(21)10-26-19(17)23-18(12)22-6-3-7-24/h1-2,4-5,8,10,24H,3,6-7,21H2,(H,22,23). The number of pyridine rings is 1. The van der Waals surface area contributed by atoms with E-state index < -0.39 is 0 Å². The molecule has 0 fully saturated rings. The lowest BCUT2D eigenvalue weighted by Gasteiger charge is -2.11. The van der Waals surface area contributed by atoms with Gasteiger partial charge in [0.2, 0.25) is 0 Å². The minimum Gasteiger partial charge on any atom is -0.456 e. The number of rotatable bonds is 5. The summed E-state index contributed by atoms with van der Waals surface area (Å²) in [6, 6.07) is 11.9. The fourth-order valence-electron chi connectivity index (χ4n) is 2.97. The van der Waals surface area contributed by atoms with Gasteiger partial charge in [-0.1, -0.05) is 18.2 Å². The zero-order chi connectivity index (χ0) is 18.1. The molecule has 0 radical (unpaired) electrons. The zero-order valence-electron chi connectivity index (χ0n) is 13.8. The molecule has 0 aliphatic heterocycles. The second-order valence-corrected chi connectivity index (χ2v) is 6.70. The summed E-state index contributed by atoms with van der Waals surface area (Å²) >= 11 is 1.43. The van der Waals surface area contributed by atoms with Crippen molar-refractivity contribution in [3.63, 3.8) is 0 Å². The van der Waals surface area contributed by atoms with Gasteiger partial charge in [-0.25, -0.2) is 4.98 Å². The van der Waals surface area contributed by atoms with Crippen molar-refractivity contribution >= 4 is 44.0 Å². The minimum atomic E-state index is 0.0690. The van der Waals surface area contributed by atoms with Crippen molar-refractivity contribution in [2.45, 2.75) is 6.42 Å². The van der Waals surface area contributed by atoms with E-state index in [0.717, 1.165) is 21.2 Å². The number of nitrogen functional groups attached to an aromatic ring is 1. The van der Waals surface area contributed by atoms with E-state index in [2.05, 4.69) is 16.4 Å². The lowest BCUT2D eigenvalue weighted by molar-refractivity contribution is 0.292. The highest BCUT2D eigenvalue weighted by Crippen LogP contribution is 2.42. The maximum Gasteiger partial charge on any atom is 0.146 e. The predicted molar refractivity (Wildman–Crippen MR) is 104 cm³/mol. The Hall–Kier alpha value is -3.08. The van der Waals surface area contributed by atoms with Crippen molar-refractivity contribution in [1.82, 2.24) is 4.98 Å². The summed E-state index contributed by atoms with van der Waals surface area (Å²) in [6.45, 7) is 0.587. The molecule has 0 unspecified atom stereocenters. The smallest absolute Gasteiger partial charge is 0.146 e. The molecular weight excluding hydrogens is 348 g/mol. The number of nitriles is 1. The first-order valence-corrected chi connectivity index (χ1v) is 9.05. The lowest BCUT2D eigenvalue weighted by atomic mass is 10.0. The number of hydrogen-bond donors (Lipinski definition) is 3. The lowest BCUT2D eigenvalue weighted by Crippen LogP contribution is -2.07. The first-order chi connectivity index (χ1) is 12.7. The molecule has 7 heteroatoms. The number of hydrogen-bond acceptors (Lipinski definition) is 7. The van der Waals surface area contributed by atoms with E-state index in [1.165, 1.54) is 11.3 Å². The molecule has 1 aromatic carbocycles. The molecule has 130 valence electrons. The largest absolute Gasteiger partial charge is 0.456 e. The Labute approximate surface area is 153 Å². The van der Waals surface area contributed by atoms with Crippen LogP contribution >= 0.6 is 11.3 Å². The van der Waals surface area contributed by atoms with Crippen molar-refractivity contribution in [3.05, 3.63) is 41.3 Å². The summed E-state index contributed by atoms with van der Waals surface area (Å²) in [4.78, 5) is 5.30. The number of fused-ring (bicyclic) bond motifs is 2. The van der Waals surface area contributed by atoms with Gasteiger partial charge in [0, 0.05) is 29.3 Å². The van der Waals surface area contributed by atoms with E-state index in [9.17, 15) is 5.26 Å². The summed E-state index contributed by atoms with van der Waals surface area (Å²) in [5, 5.41) is 25.5. The van der Waals surface area contributed by atoms with Crippen LogP contribution in [0.2, 0.25) is 0 Å². The Bertz CT molecular complexity index is 1110. The third-order valence-electron chi connectivity index (χ3n) is 4.16. The Morgan fingerprint density at radius 1 is 1.35 bits per heavy atom. The quantitative estimate of drug-likeness (QED) is 0.463. The molecule has 0 saturated carbocycles. The first-order valence-electron chi connectivity index (χ1n) is 8.17. The molecule has 3 aromatic heterocycles. The fourth-order valence-corrected chi connectivity index (χ4v) is 3.81. The van der Waals surface area contributed by atoms with Crippen LogP contribution < -0.4 is 11.1 Å². The molecule has 0 saturated heterocycles. The van der Waals surface area contributed by atoms with Gasteiger partial charge in [0.1, 0.15) is 33.6 Å². The maximum absolute atomic E-state index is 9.82. The average Bonchev–Trinajstić information content (AvgIpc) is 3.24. The number of thiophene rings is 1. The summed E-state index contributed by atoms with van der Waals surface area (Å²) in [6.07, 6.45) is 0.567. The number of nitrogens with zero attached hydrogens (tertiary/aromatic N) is 2. The molecule has 0 aliphatic rings. The van der Waals surface area contributed by atoms with Gasteiger partial charge in [0.15, 0.2) is 0 Å². The molecule has 0 aliphatic carbocycles. The molecule has 4 aromatic rings. The van der Waals surface area contributed by atoms with Gasteiger partial charge in [0.05, 0.1) is 11.3 Å². The van der Waals surface area contributed by atoms with E-state index in [-0.39, 0.29) is 6.61 Å². The molecule has 3 heterocycles. The normalized spacial score (nSPS) is 11.1. The number of anilines is 2. The molecule has 0 amide bonds. The Kier molecular flexibility index (Phi) is 4.21. The zero-order valence-corrected chi connectivity index (χ0v) is 14.6. The molecule has 4 N–H and O–H groups in total. The minimum absolute atomic E-state index is 0.0690. The summed E-state index contributed by atoms with van der Waals surface area (Å²) in [7, 11) is 0. The van der Waals surface area contributed by atoms with E-state index in [1.807, 2.05) is 35.7 Å². The van der Waals surface area contributed by atoms with Crippen molar-refractivity contribution in [2.75, 3.05) is 24.2 Å². The van der Waals surface area contributed by atoms with Crippen LogP contribution in [-0.4, -0.2) is 23.2 Å². The Morgan fingerprint density at radius 2 is 2.19 bits per heavy atom. The topological polar surface area (TPSA) is 108 Å². The molecule has 0 spiro atoms. The number of nitrogens with two attached hydrogens (primary N) is 1. The van der Waals surface area contributed by atoms with Crippen LogP contribution in [-0.2, 0) is 0 Å². The Morgan fingerprint density at radius 3 is 2.96 bits per heavy atom. The predicted octanol–water partition coefficient (Wildman–Crippen LogP) is 3.96. The van der Waals surface area contributed by atoms with E-state index in [0.29, 0.717) is 41.4 Å². The number of aliphatic hydroxyl groups excluding tert-OH is 1. The number of benzene rings is 1. The van der Waals surface area contributed by atoms with Crippen molar-refractivity contribution in [3.8, 4) is 17.4 Å². The highest BCUT2D eigenvalue weighted by atomic mass is 32.1. The van der Waals surface area contributed by atoms with Gasteiger partial charge in [0.25, 0.3) is 0 Å². The number of furan rings is 1. The van der Waals surface area contributed by atoms with Crippen molar-refractivity contribution in [1.29, 1.82) is 5.26 Å². The van der Waals surface area contributed by atoms with Crippen molar-refractivity contribution < 1.29 is 9.52 Å². The number of para-hydroxylation sites is 1. The monoisotopic (exact) mass is 364 g/mol. The van der Waals surface area contributed by atoms with Crippen LogP contribution in [0.4, 0.5) is 11.5 Å². The third-order valence-corrected chi connectivity index (χ3v) is 5.05. The van der Waals surface area contributed by atoms with Crippen LogP contribution in [0.3, 0.4) is 0 Å². The second kappa shape index (κ2) is 6.67. The third kappa shape index (κ3) is 2.65. The number of aliphatic hydroxyl groups is 1. The Balaban J connectivity index is 1.98. The highest BCUT2D eigenvalue weighted by molar-refractivity contribution is 7.17. The molecule has 4 rings (SSSR count). The fraction of sp³-hybridized carbons (Fsp3) is 0.158. The van der Waals surface area contributed by atoms with Gasteiger partial charge in [-0.15, -0.1) is 11.3 Å². The number of aromatic nitrogens is 1. The van der Waals surface area contributed by atoms with E-state index in [4.69, 9.17) is 15.3 Å². The summed E-state index contributed by atoms with van der Waals surface area (Å²) in [5.41, 5.74) is 8.54. The van der Waals surface area contributed by atoms with Gasteiger partial charge < -0.3 is 20.6 Å². The molecule has 0 atom stereocenters. The summed E-state index contributed by atoms with van der Waals surface area (Å²) < 4.78 is 6.01. The van der Waals surface area contributed by atoms with E-state index in [1.54, 1.807) is 0 Å².